The third kappa shape index (κ3) is 2.69. The number of oxime groups is 1. The van der Waals surface area contributed by atoms with Gasteiger partial charge in [-0.05, 0) is 29.8 Å². The molecule has 2 heterocycles. The molecule has 3 aromatic rings. The van der Waals surface area contributed by atoms with Crippen molar-refractivity contribution in [1.29, 1.82) is 0 Å². The second-order valence-corrected chi connectivity index (χ2v) is 4.73. The van der Waals surface area contributed by atoms with Gasteiger partial charge in [0.25, 0.3) is 0 Å². The molecule has 0 saturated heterocycles. The molecular formula is C15H15N5O. The minimum absolute atomic E-state index is 0.140. The van der Waals surface area contributed by atoms with Crippen molar-refractivity contribution < 1.29 is 5.21 Å². The van der Waals surface area contributed by atoms with Crippen LogP contribution in [-0.2, 0) is 13.0 Å². The highest BCUT2D eigenvalue weighted by Gasteiger charge is 2.12. The van der Waals surface area contributed by atoms with Crippen LogP contribution in [-0.4, -0.2) is 25.6 Å². The molecule has 0 amide bonds. The van der Waals surface area contributed by atoms with E-state index in [-0.39, 0.29) is 5.84 Å². The maximum atomic E-state index is 8.77. The summed E-state index contributed by atoms with van der Waals surface area (Å²) >= 11 is 0. The van der Waals surface area contributed by atoms with E-state index in [0.29, 0.717) is 13.0 Å². The Morgan fingerprint density at radius 2 is 1.95 bits per heavy atom. The highest BCUT2D eigenvalue weighted by Crippen LogP contribution is 2.18. The molecule has 0 unspecified atom stereocenters. The second-order valence-electron chi connectivity index (χ2n) is 4.73. The van der Waals surface area contributed by atoms with Gasteiger partial charge in [-0.1, -0.05) is 17.3 Å². The summed E-state index contributed by atoms with van der Waals surface area (Å²) in [7, 11) is 0. The van der Waals surface area contributed by atoms with E-state index in [1.54, 1.807) is 12.4 Å². The zero-order chi connectivity index (χ0) is 14.7. The monoisotopic (exact) mass is 281 g/mol. The van der Waals surface area contributed by atoms with Crippen LogP contribution in [0.15, 0.2) is 53.9 Å². The van der Waals surface area contributed by atoms with Crippen molar-refractivity contribution >= 4 is 16.9 Å². The van der Waals surface area contributed by atoms with Crippen LogP contribution in [0, 0.1) is 0 Å². The van der Waals surface area contributed by atoms with E-state index >= 15 is 0 Å². The van der Waals surface area contributed by atoms with Gasteiger partial charge in [0.2, 0.25) is 0 Å². The van der Waals surface area contributed by atoms with Gasteiger partial charge >= 0.3 is 0 Å². The summed E-state index contributed by atoms with van der Waals surface area (Å²) in [4.78, 5) is 8.60. The van der Waals surface area contributed by atoms with Gasteiger partial charge in [0.1, 0.15) is 11.7 Å². The van der Waals surface area contributed by atoms with Gasteiger partial charge in [0, 0.05) is 18.9 Å². The second kappa shape index (κ2) is 5.62. The molecule has 6 heteroatoms. The van der Waals surface area contributed by atoms with Crippen molar-refractivity contribution in [3.8, 4) is 0 Å². The number of para-hydroxylation sites is 2. The number of imidazole rings is 1. The number of nitrogens with zero attached hydrogens (tertiary/aromatic N) is 4. The molecule has 0 radical (unpaired) electrons. The Hall–Kier alpha value is -2.89. The van der Waals surface area contributed by atoms with Gasteiger partial charge in [0.15, 0.2) is 0 Å². The highest BCUT2D eigenvalue weighted by atomic mass is 16.4. The smallest absolute Gasteiger partial charge is 0.146 e. The van der Waals surface area contributed by atoms with E-state index in [4.69, 9.17) is 10.9 Å². The maximum absolute atomic E-state index is 8.77. The quantitative estimate of drug-likeness (QED) is 0.330. The van der Waals surface area contributed by atoms with Crippen LogP contribution in [0.4, 0.5) is 0 Å². The molecule has 3 N–H and O–H groups in total. The molecule has 21 heavy (non-hydrogen) atoms. The Kier molecular flexibility index (Phi) is 3.51. The molecule has 6 nitrogen and oxygen atoms in total. The Labute approximate surface area is 121 Å². The van der Waals surface area contributed by atoms with Crippen molar-refractivity contribution in [3.05, 3.63) is 60.2 Å². The normalized spacial score (nSPS) is 11.9. The van der Waals surface area contributed by atoms with Gasteiger partial charge in [-0.3, -0.25) is 4.98 Å². The zero-order valence-electron chi connectivity index (χ0n) is 11.3. The summed E-state index contributed by atoms with van der Waals surface area (Å²) < 4.78 is 2.07. The first-order valence-corrected chi connectivity index (χ1v) is 6.57. The van der Waals surface area contributed by atoms with Crippen LogP contribution < -0.4 is 5.73 Å². The SMILES string of the molecule is NC(Cc1nc2ccccc2n1Cc1ccncc1)=NO. The van der Waals surface area contributed by atoms with Crippen molar-refractivity contribution in [1.82, 2.24) is 14.5 Å². The molecule has 0 aliphatic heterocycles. The summed E-state index contributed by atoms with van der Waals surface area (Å²) in [5.41, 5.74) is 8.66. The summed E-state index contributed by atoms with van der Waals surface area (Å²) in [5, 5.41) is 11.8. The summed E-state index contributed by atoms with van der Waals surface area (Å²) in [5.74, 6) is 0.907. The van der Waals surface area contributed by atoms with E-state index in [9.17, 15) is 0 Å². The number of fused-ring (bicyclic) bond motifs is 1. The number of aromatic nitrogens is 3. The van der Waals surface area contributed by atoms with Crippen LogP contribution in [0.25, 0.3) is 11.0 Å². The fourth-order valence-corrected chi connectivity index (χ4v) is 2.30. The molecule has 0 bridgehead atoms. The van der Waals surface area contributed by atoms with E-state index in [2.05, 4.69) is 19.7 Å². The van der Waals surface area contributed by atoms with Gasteiger partial charge in [0.05, 0.1) is 17.5 Å². The van der Waals surface area contributed by atoms with Crippen LogP contribution in [0.2, 0.25) is 0 Å². The molecule has 0 aliphatic carbocycles. The molecule has 106 valence electrons. The molecule has 0 atom stereocenters. The summed E-state index contributed by atoms with van der Waals surface area (Å²) in [6, 6.07) is 11.8. The predicted octanol–water partition coefficient (Wildman–Crippen LogP) is 1.77. The molecule has 1 aromatic carbocycles. The molecule has 0 aliphatic rings. The zero-order valence-corrected chi connectivity index (χ0v) is 11.3. The lowest BCUT2D eigenvalue weighted by atomic mass is 10.2. The number of benzene rings is 1. The Balaban J connectivity index is 2.07. The molecule has 3 rings (SSSR count). The van der Waals surface area contributed by atoms with Crippen molar-refractivity contribution in [2.24, 2.45) is 10.9 Å². The lowest BCUT2D eigenvalue weighted by molar-refractivity contribution is 0.317. The Morgan fingerprint density at radius 3 is 2.71 bits per heavy atom. The van der Waals surface area contributed by atoms with Crippen molar-refractivity contribution in [2.75, 3.05) is 0 Å². The lowest BCUT2D eigenvalue weighted by Gasteiger charge is -2.08. The van der Waals surface area contributed by atoms with E-state index in [0.717, 1.165) is 22.4 Å². The topological polar surface area (TPSA) is 89.3 Å². The van der Waals surface area contributed by atoms with E-state index in [1.165, 1.54) is 0 Å². The number of hydrogen-bond donors (Lipinski definition) is 2. The molecule has 2 aromatic heterocycles. The van der Waals surface area contributed by atoms with Crippen LogP contribution in [0.5, 0.6) is 0 Å². The molecule has 0 fully saturated rings. The average Bonchev–Trinajstić information content (AvgIpc) is 2.86. The van der Waals surface area contributed by atoms with Crippen LogP contribution in [0.1, 0.15) is 11.4 Å². The van der Waals surface area contributed by atoms with Crippen LogP contribution in [0.3, 0.4) is 0 Å². The van der Waals surface area contributed by atoms with Gasteiger partial charge < -0.3 is 15.5 Å². The fraction of sp³-hybridized carbons (Fsp3) is 0.133. The third-order valence-electron chi connectivity index (χ3n) is 3.29. The number of pyridine rings is 1. The van der Waals surface area contributed by atoms with Crippen LogP contribution >= 0.6 is 0 Å². The first-order chi connectivity index (χ1) is 10.3. The fourth-order valence-electron chi connectivity index (χ4n) is 2.30. The van der Waals surface area contributed by atoms with Gasteiger partial charge in [-0.25, -0.2) is 4.98 Å². The number of nitrogens with two attached hydrogens (primary N) is 1. The molecule has 0 saturated carbocycles. The first kappa shape index (κ1) is 13.1. The average molecular weight is 281 g/mol. The summed E-state index contributed by atoms with van der Waals surface area (Å²) in [6.45, 7) is 0.664. The minimum atomic E-state index is 0.140. The minimum Gasteiger partial charge on any atom is -0.409 e. The number of rotatable bonds is 4. The van der Waals surface area contributed by atoms with E-state index < -0.39 is 0 Å². The number of amidine groups is 1. The highest BCUT2D eigenvalue weighted by molar-refractivity contribution is 5.83. The number of hydrogen-bond acceptors (Lipinski definition) is 4. The summed E-state index contributed by atoms with van der Waals surface area (Å²) in [6.07, 6.45) is 3.82. The van der Waals surface area contributed by atoms with Crippen molar-refractivity contribution in [2.45, 2.75) is 13.0 Å². The largest absolute Gasteiger partial charge is 0.409 e. The third-order valence-corrected chi connectivity index (χ3v) is 3.29. The van der Waals surface area contributed by atoms with E-state index in [1.807, 2.05) is 36.4 Å². The predicted molar refractivity (Wildman–Crippen MR) is 80.2 cm³/mol. The maximum Gasteiger partial charge on any atom is 0.146 e. The lowest BCUT2D eigenvalue weighted by Crippen LogP contribution is -2.18. The van der Waals surface area contributed by atoms with Gasteiger partial charge in [-0.15, -0.1) is 0 Å². The van der Waals surface area contributed by atoms with Gasteiger partial charge in [-0.2, -0.15) is 0 Å². The first-order valence-electron chi connectivity index (χ1n) is 6.57. The Morgan fingerprint density at radius 1 is 1.19 bits per heavy atom. The van der Waals surface area contributed by atoms with Crippen molar-refractivity contribution in [3.63, 3.8) is 0 Å². The standard InChI is InChI=1S/C15H15N5O/c16-14(19-21)9-15-18-12-3-1-2-4-13(12)20(15)10-11-5-7-17-8-6-11/h1-8,21H,9-10H2,(H2,16,19). The Bertz CT molecular complexity index is 779. The molecular weight excluding hydrogens is 266 g/mol. The molecule has 0 spiro atoms.